The lowest BCUT2D eigenvalue weighted by Crippen LogP contribution is -2.39. The maximum atomic E-state index is 14.0. The topological polar surface area (TPSA) is 158 Å². The Hall–Kier alpha value is -5.28. The first-order chi connectivity index (χ1) is 24.1. The Bertz CT molecular complexity index is 2160. The van der Waals surface area contributed by atoms with Crippen LogP contribution in [-0.2, 0) is 20.9 Å². The summed E-state index contributed by atoms with van der Waals surface area (Å²) in [5.41, 5.74) is 1.30. The molecule has 4 aromatic rings. The molecule has 0 unspecified atom stereocenters. The van der Waals surface area contributed by atoms with Crippen LogP contribution in [0.5, 0.6) is 17.2 Å². The molecule has 2 heterocycles. The van der Waals surface area contributed by atoms with Gasteiger partial charge in [-0.15, -0.1) is 0 Å². The Morgan fingerprint density at radius 1 is 0.980 bits per heavy atom. The van der Waals surface area contributed by atoms with Crippen LogP contribution in [0.25, 0.3) is 6.08 Å². The molecule has 260 valence electrons. The summed E-state index contributed by atoms with van der Waals surface area (Å²) >= 11 is 4.46. The number of benzene rings is 3. The molecule has 13 nitrogen and oxygen atoms in total. The van der Waals surface area contributed by atoms with E-state index in [1.807, 2.05) is 13.8 Å². The average molecular weight is 767 g/mol. The fourth-order valence-corrected chi connectivity index (χ4v) is 6.76. The minimum atomic E-state index is -0.904. The van der Waals surface area contributed by atoms with E-state index < -0.39 is 28.5 Å². The number of fused-ring (bicyclic) bond motifs is 1. The fourth-order valence-electron chi connectivity index (χ4n) is 5.21. The van der Waals surface area contributed by atoms with Crippen LogP contribution in [0, 0.1) is 10.1 Å². The number of nitro groups is 1. The SMILES string of the molecule is CCOC(=O)c1ccc(COc2c(Br)cc(/C=c3/sc4n(c3=O)[C@@H](c3ccc(OCC)c(OCC)c3)C(C(=O)OC)=CN=4)cc2[N+](=O)[O-])cc1. The van der Waals surface area contributed by atoms with E-state index >= 15 is 0 Å². The molecule has 0 fully saturated rings. The number of carbonyl (C=O) groups is 2. The zero-order valence-corrected chi connectivity index (χ0v) is 29.9. The van der Waals surface area contributed by atoms with Gasteiger partial charge in [0, 0.05) is 12.3 Å². The molecule has 1 aliphatic heterocycles. The standard InChI is InChI=1S/C35H32BrN3O10S/c1-5-46-27-13-12-23(17-28(27)47-6-2)30-24(34(42)45-4)18-37-35-38(30)32(40)29(50-35)16-21-14-25(36)31(26(15-21)39(43)44)49-19-20-8-10-22(11-9-20)33(41)48-7-3/h8-18,30H,5-7,19H2,1-4H3/b29-16+/t30-/m0/s1. The van der Waals surface area contributed by atoms with Gasteiger partial charge in [-0.05, 0) is 89.8 Å². The lowest BCUT2D eigenvalue weighted by atomic mass is 9.97. The third-order valence-corrected chi connectivity index (χ3v) is 8.98. The first kappa shape index (κ1) is 36.0. The molecule has 0 saturated carbocycles. The number of rotatable bonds is 13. The van der Waals surface area contributed by atoms with Crippen LogP contribution in [0.15, 0.2) is 80.6 Å². The highest BCUT2D eigenvalue weighted by molar-refractivity contribution is 9.10. The van der Waals surface area contributed by atoms with Gasteiger partial charge in [-0.1, -0.05) is 29.5 Å². The molecule has 0 amide bonds. The van der Waals surface area contributed by atoms with Gasteiger partial charge in [0.15, 0.2) is 16.3 Å². The van der Waals surface area contributed by atoms with E-state index in [4.69, 9.17) is 23.7 Å². The van der Waals surface area contributed by atoms with Crippen molar-refractivity contribution in [1.29, 1.82) is 0 Å². The molecule has 0 spiro atoms. The van der Waals surface area contributed by atoms with E-state index in [2.05, 4.69) is 20.9 Å². The highest BCUT2D eigenvalue weighted by Crippen LogP contribution is 2.38. The number of ether oxygens (including phenoxy) is 5. The van der Waals surface area contributed by atoms with Crippen molar-refractivity contribution in [3.8, 4) is 17.2 Å². The predicted octanol–water partition coefficient (Wildman–Crippen LogP) is 5.24. The summed E-state index contributed by atoms with van der Waals surface area (Å²) in [7, 11) is 1.25. The summed E-state index contributed by atoms with van der Waals surface area (Å²) in [5, 5.41) is 12.2. The third-order valence-electron chi connectivity index (χ3n) is 7.40. The minimum Gasteiger partial charge on any atom is -0.490 e. The smallest absolute Gasteiger partial charge is 0.338 e. The fraction of sp³-hybridized carbons (Fsp3) is 0.257. The maximum absolute atomic E-state index is 14.0. The number of nitro benzene ring substituents is 1. The van der Waals surface area contributed by atoms with Gasteiger partial charge in [0.05, 0.1) is 58.0 Å². The molecule has 5 rings (SSSR count). The largest absolute Gasteiger partial charge is 0.490 e. The number of methoxy groups -OCH3 is 1. The number of carbonyl (C=O) groups excluding carboxylic acids is 2. The molecular weight excluding hydrogens is 734 g/mol. The number of aromatic nitrogens is 1. The molecule has 0 N–H and O–H groups in total. The number of esters is 2. The monoisotopic (exact) mass is 765 g/mol. The van der Waals surface area contributed by atoms with Gasteiger partial charge in [0.1, 0.15) is 6.61 Å². The minimum absolute atomic E-state index is 0.00796. The van der Waals surface area contributed by atoms with Gasteiger partial charge in [0.25, 0.3) is 5.56 Å². The predicted molar refractivity (Wildman–Crippen MR) is 187 cm³/mol. The Labute approximate surface area is 298 Å². The molecule has 1 atom stereocenters. The quantitative estimate of drug-likeness (QED) is 0.100. The summed E-state index contributed by atoms with van der Waals surface area (Å²) in [6, 6.07) is 13.7. The van der Waals surface area contributed by atoms with Gasteiger partial charge in [-0.25, -0.2) is 14.6 Å². The highest BCUT2D eigenvalue weighted by atomic mass is 79.9. The second kappa shape index (κ2) is 16.0. The van der Waals surface area contributed by atoms with Gasteiger partial charge >= 0.3 is 17.6 Å². The van der Waals surface area contributed by atoms with Crippen molar-refractivity contribution in [3.05, 3.63) is 123 Å². The first-order valence-corrected chi connectivity index (χ1v) is 17.1. The van der Waals surface area contributed by atoms with Crippen molar-refractivity contribution in [2.75, 3.05) is 26.9 Å². The Balaban J connectivity index is 1.52. The number of thiazole rings is 1. The van der Waals surface area contributed by atoms with Gasteiger partial charge < -0.3 is 23.7 Å². The molecule has 1 aromatic heterocycles. The van der Waals surface area contributed by atoms with Crippen LogP contribution >= 0.6 is 27.3 Å². The zero-order chi connectivity index (χ0) is 35.9. The summed E-state index contributed by atoms with van der Waals surface area (Å²) in [5.74, 6) is -0.159. The Morgan fingerprint density at radius 2 is 1.70 bits per heavy atom. The van der Waals surface area contributed by atoms with Crippen molar-refractivity contribution in [2.45, 2.75) is 33.4 Å². The second-order valence-corrected chi connectivity index (χ2v) is 12.4. The van der Waals surface area contributed by atoms with Crippen LogP contribution in [0.1, 0.15) is 53.9 Å². The van der Waals surface area contributed by atoms with Crippen LogP contribution in [-0.4, -0.2) is 48.4 Å². The molecule has 1 aliphatic rings. The van der Waals surface area contributed by atoms with Crippen molar-refractivity contribution in [2.24, 2.45) is 4.99 Å². The summed E-state index contributed by atoms with van der Waals surface area (Å²) in [4.78, 5) is 55.1. The zero-order valence-electron chi connectivity index (χ0n) is 27.5. The highest BCUT2D eigenvalue weighted by Gasteiger charge is 2.31. The van der Waals surface area contributed by atoms with E-state index in [-0.39, 0.29) is 39.2 Å². The van der Waals surface area contributed by atoms with Gasteiger partial charge in [-0.2, -0.15) is 0 Å². The van der Waals surface area contributed by atoms with Crippen LogP contribution in [0.4, 0.5) is 5.69 Å². The van der Waals surface area contributed by atoms with E-state index in [0.717, 1.165) is 11.3 Å². The van der Waals surface area contributed by atoms with Gasteiger partial charge in [0.2, 0.25) is 5.75 Å². The van der Waals surface area contributed by atoms with Crippen LogP contribution < -0.4 is 29.1 Å². The van der Waals surface area contributed by atoms with Crippen LogP contribution in [0.2, 0.25) is 0 Å². The first-order valence-electron chi connectivity index (χ1n) is 15.5. The molecule has 0 saturated heterocycles. The summed E-state index contributed by atoms with van der Waals surface area (Å²) in [6.45, 7) is 6.41. The summed E-state index contributed by atoms with van der Waals surface area (Å²) in [6.07, 6.45) is 2.89. The van der Waals surface area contributed by atoms with E-state index in [9.17, 15) is 24.5 Å². The lowest BCUT2D eigenvalue weighted by Gasteiger charge is -2.23. The molecule has 3 aromatic carbocycles. The molecule has 0 aliphatic carbocycles. The van der Waals surface area contributed by atoms with E-state index in [1.54, 1.807) is 55.5 Å². The third kappa shape index (κ3) is 7.63. The molecule has 15 heteroatoms. The number of halogens is 1. The van der Waals surface area contributed by atoms with E-state index in [1.165, 1.54) is 30.0 Å². The van der Waals surface area contributed by atoms with Crippen molar-refractivity contribution in [1.82, 2.24) is 4.57 Å². The van der Waals surface area contributed by atoms with Crippen molar-refractivity contribution >= 4 is 51.0 Å². The Morgan fingerprint density at radius 3 is 2.36 bits per heavy atom. The number of hydrogen-bond donors (Lipinski definition) is 0. The van der Waals surface area contributed by atoms with Crippen LogP contribution in [0.3, 0.4) is 0 Å². The van der Waals surface area contributed by atoms with Crippen molar-refractivity contribution < 1.29 is 38.2 Å². The van der Waals surface area contributed by atoms with Gasteiger partial charge in [-0.3, -0.25) is 19.5 Å². The Kier molecular flexibility index (Phi) is 11.5. The number of nitrogens with zero attached hydrogens (tertiary/aromatic N) is 3. The van der Waals surface area contributed by atoms with Crippen molar-refractivity contribution in [3.63, 3.8) is 0 Å². The molecule has 0 bridgehead atoms. The molecule has 0 radical (unpaired) electrons. The van der Waals surface area contributed by atoms with E-state index in [0.29, 0.717) is 51.8 Å². The number of hydrogen-bond acceptors (Lipinski definition) is 12. The summed E-state index contributed by atoms with van der Waals surface area (Å²) < 4.78 is 29.3. The maximum Gasteiger partial charge on any atom is 0.338 e. The normalized spacial score (nSPS) is 13.8. The lowest BCUT2D eigenvalue weighted by molar-refractivity contribution is -0.386. The molecular formula is C35H32BrN3O10S. The second-order valence-electron chi connectivity index (χ2n) is 10.6. The molecule has 50 heavy (non-hydrogen) atoms. The average Bonchev–Trinajstić information content (AvgIpc) is 3.42.